The van der Waals surface area contributed by atoms with Crippen molar-refractivity contribution in [2.75, 3.05) is 45.8 Å². The lowest BCUT2D eigenvalue weighted by Crippen LogP contribution is -2.52. The SMILES string of the molecule is NC(=O)c1ccc(C(=O)N2CCN(C(=O)CN3CCCC3)CC2)cn1. The van der Waals surface area contributed by atoms with E-state index in [1.807, 2.05) is 4.90 Å². The maximum atomic E-state index is 12.5. The Hall–Kier alpha value is -2.48. The third-order valence-electron chi connectivity index (χ3n) is 4.74. The first-order valence-electron chi connectivity index (χ1n) is 8.60. The van der Waals surface area contributed by atoms with Crippen LogP contribution in [0.15, 0.2) is 18.3 Å². The monoisotopic (exact) mass is 345 g/mol. The topological polar surface area (TPSA) is 99.8 Å². The summed E-state index contributed by atoms with van der Waals surface area (Å²) in [5.74, 6) is -0.624. The second kappa shape index (κ2) is 7.60. The van der Waals surface area contributed by atoms with Crippen LogP contribution < -0.4 is 5.73 Å². The number of aromatic nitrogens is 1. The summed E-state index contributed by atoms with van der Waals surface area (Å²) in [6, 6.07) is 3.01. The second-order valence-electron chi connectivity index (χ2n) is 6.45. The molecule has 134 valence electrons. The smallest absolute Gasteiger partial charge is 0.267 e. The van der Waals surface area contributed by atoms with E-state index >= 15 is 0 Å². The number of hydrogen-bond donors (Lipinski definition) is 1. The molecule has 1 aromatic heterocycles. The number of amides is 3. The van der Waals surface area contributed by atoms with Gasteiger partial charge in [0.05, 0.1) is 12.1 Å². The summed E-state index contributed by atoms with van der Waals surface area (Å²) in [4.78, 5) is 45.5. The molecule has 2 saturated heterocycles. The lowest BCUT2D eigenvalue weighted by molar-refractivity contribution is -0.133. The van der Waals surface area contributed by atoms with Crippen molar-refractivity contribution in [1.29, 1.82) is 0 Å². The van der Waals surface area contributed by atoms with Gasteiger partial charge in [0.1, 0.15) is 5.69 Å². The van der Waals surface area contributed by atoms with Gasteiger partial charge in [-0.2, -0.15) is 0 Å². The number of nitrogens with zero attached hydrogens (tertiary/aromatic N) is 4. The molecule has 8 heteroatoms. The van der Waals surface area contributed by atoms with Gasteiger partial charge < -0.3 is 15.5 Å². The van der Waals surface area contributed by atoms with Gasteiger partial charge in [0.25, 0.3) is 11.8 Å². The highest BCUT2D eigenvalue weighted by molar-refractivity contribution is 5.96. The van der Waals surface area contributed by atoms with Crippen LogP contribution in [0.5, 0.6) is 0 Å². The fraction of sp³-hybridized carbons (Fsp3) is 0.529. The Bertz CT molecular complexity index is 647. The van der Waals surface area contributed by atoms with Crippen LogP contribution in [0.4, 0.5) is 0 Å². The van der Waals surface area contributed by atoms with Crippen LogP contribution in [0.2, 0.25) is 0 Å². The van der Waals surface area contributed by atoms with Crippen LogP contribution in [0.3, 0.4) is 0 Å². The van der Waals surface area contributed by atoms with Gasteiger partial charge in [-0.3, -0.25) is 24.3 Å². The quantitative estimate of drug-likeness (QED) is 0.797. The summed E-state index contributed by atoms with van der Waals surface area (Å²) in [6.07, 6.45) is 3.70. The van der Waals surface area contributed by atoms with Crippen molar-refractivity contribution in [3.8, 4) is 0 Å². The molecule has 0 radical (unpaired) electrons. The lowest BCUT2D eigenvalue weighted by Gasteiger charge is -2.35. The minimum absolute atomic E-state index is 0.133. The van der Waals surface area contributed by atoms with E-state index in [1.54, 1.807) is 11.0 Å². The predicted octanol–water partition coefficient (Wildman–Crippen LogP) is -0.439. The number of hydrogen-bond acceptors (Lipinski definition) is 5. The van der Waals surface area contributed by atoms with Crippen LogP contribution in [0.1, 0.15) is 33.7 Å². The highest BCUT2D eigenvalue weighted by Crippen LogP contribution is 2.11. The van der Waals surface area contributed by atoms with Gasteiger partial charge in [-0.15, -0.1) is 0 Å². The van der Waals surface area contributed by atoms with Crippen molar-refractivity contribution in [2.45, 2.75) is 12.8 Å². The molecule has 8 nitrogen and oxygen atoms in total. The number of nitrogens with two attached hydrogens (primary N) is 1. The molecule has 2 aliphatic rings. The number of carbonyl (C=O) groups excluding carboxylic acids is 3. The molecular formula is C17H23N5O3. The molecule has 2 aliphatic heterocycles. The number of pyridine rings is 1. The Morgan fingerprint density at radius 1 is 0.960 bits per heavy atom. The second-order valence-corrected chi connectivity index (χ2v) is 6.45. The van der Waals surface area contributed by atoms with E-state index in [9.17, 15) is 14.4 Å². The van der Waals surface area contributed by atoms with E-state index < -0.39 is 5.91 Å². The summed E-state index contributed by atoms with van der Waals surface area (Å²) < 4.78 is 0. The number of primary amides is 1. The van der Waals surface area contributed by atoms with Gasteiger partial charge in [-0.25, -0.2) is 0 Å². The number of carbonyl (C=O) groups is 3. The molecule has 0 unspecified atom stereocenters. The number of piperazine rings is 1. The molecule has 2 fully saturated rings. The molecule has 3 rings (SSSR count). The van der Waals surface area contributed by atoms with E-state index in [0.29, 0.717) is 38.3 Å². The van der Waals surface area contributed by atoms with Crippen LogP contribution in [-0.4, -0.2) is 83.2 Å². The molecule has 0 saturated carbocycles. The molecule has 2 N–H and O–H groups in total. The van der Waals surface area contributed by atoms with Crippen molar-refractivity contribution in [2.24, 2.45) is 5.73 Å². The van der Waals surface area contributed by atoms with Crippen LogP contribution in [0, 0.1) is 0 Å². The van der Waals surface area contributed by atoms with Crippen LogP contribution in [-0.2, 0) is 4.79 Å². The summed E-state index contributed by atoms with van der Waals surface area (Å²) >= 11 is 0. The molecule has 0 aliphatic carbocycles. The molecule has 0 atom stereocenters. The maximum absolute atomic E-state index is 12.5. The zero-order valence-corrected chi connectivity index (χ0v) is 14.2. The summed E-state index contributed by atoms with van der Waals surface area (Å²) in [6.45, 7) is 4.57. The highest BCUT2D eigenvalue weighted by atomic mass is 16.2. The van der Waals surface area contributed by atoms with E-state index in [4.69, 9.17) is 5.73 Å². The molecule has 0 spiro atoms. The molecule has 3 amide bonds. The normalized spacial score (nSPS) is 18.4. The van der Waals surface area contributed by atoms with Gasteiger partial charge in [0, 0.05) is 32.4 Å². The Labute approximate surface area is 146 Å². The van der Waals surface area contributed by atoms with E-state index in [-0.39, 0.29) is 17.5 Å². The summed E-state index contributed by atoms with van der Waals surface area (Å²) in [5.41, 5.74) is 5.70. The molecular weight excluding hydrogens is 322 g/mol. The van der Waals surface area contributed by atoms with Crippen molar-refractivity contribution in [3.63, 3.8) is 0 Å². The first kappa shape index (κ1) is 17.3. The highest BCUT2D eigenvalue weighted by Gasteiger charge is 2.26. The average Bonchev–Trinajstić information content (AvgIpc) is 3.14. The number of likely N-dealkylation sites (tertiary alicyclic amines) is 1. The van der Waals surface area contributed by atoms with Gasteiger partial charge >= 0.3 is 0 Å². The van der Waals surface area contributed by atoms with Crippen molar-refractivity contribution in [1.82, 2.24) is 19.7 Å². The van der Waals surface area contributed by atoms with Crippen LogP contribution in [0.25, 0.3) is 0 Å². The van der Waals surface area contributed by atoms with Gasteiger partial charge in [0.15, 0.2) is 0 Å². The third kappa shape index (κ3) is 4.14. The zero-order chi connectivity index (χ0) is 17.8. The van der Waals surface area contributed by atoms with E-state index in [2.05, 4.69) is 9.88 Å². The molecule has 0 aromatic carbocycles. The minimum atomic E-state index is -0.621. The average molecular weight is 345 g/mol. The Balaban J connectivity index is 1.51. The third-order valence-corrected chi connectivity index (χ3v) is 4.74. The summed E-state index contributed by atoms with van der Waals surface area (Å²) in [7, 11) is 0. The Kier molecular flexibility index (Phi) is 5.28. The van der Waals surface area contributed by atoms with Gasteiger partial charge in [-0.05, 0) is 38.1 Å². The Morgan fingerprint density at radius 2 is 1.60 bits per heavy atom. The maximum Gasteiger partial charge on any atom is 0.267 e. The fourth-order valence-electron chi connectivity index (χ4n) is 3.24. The van der Waals surface area contributed by atoms with Crippen molar-refractivity contribution < 1.29 is 14.4 Å². The van der Waals surface area contributed by atoms with Gasteiger partial charge in [0.2, 0.25) is 5.91 Å². The lowest BCUT2D eigenvalue weighted by atomic mass is 10.2. The summed E-state index contributed by atoms with van der Waals surface area (Å²) in [5, 5.41) is 0. The van der Waals surface area contributed by atoms with Gasteiger partial charge in [-0.1, -0.05) is 0 Å². The van der Waals surface area contributed by atoms with E-state index in [1.165, 1.54) is 12.3 Å². The van der Waals surface area contributed by atoms with Crippen molar-refractivity contribution >= 4 is 17.7 Å². The Morgan fingerprint density at radius 3 is 2.16 bits per heavy atom. The minimum Gasteiger partial charge on any atom is -0.364 e. The predicted molar refractivity (Wildman–Crippen MR) is 90.9 cm³/mol. The molecule has 1 aromatic rings. The molecule has 25 heavy (non-hydrogen) atoms. The largest absolute Gasteiger partial charge is 0.364 e. The standard InChI is InChI=1S/C17H23N5O3/c18-16(24)14-4-3-13(11-19-14)17(25)22-9-7-21(8-10-22)15(23)12-20-5-1-2-6-20/h3-4,11H,1-2,5-10,12H2,(H2,18,24). The first-order chi connectivity index (χ1) is 12.0. The number of rotatable bonds is 4. The van der Waals surface area contributed by atoms with E-state index in [0.717, 1.165) is 25.9 Å². The van der Waals surface area contributed by atoms with Crippen molar-refractivity contribution in [3.05, 3.63) is 29.6 Å². The fourth-order valence-corrected chi connectivity index (χ4v) is 3.24. The molecule has 0 bridgehead atoms. The van der Waals surface area contributed by atoms with Crippen LogP contribution >= 0.6 is 0 Å². The zero-order valence-electron chi connectivity index (χ0n) is 14.2. The molecule has 3 heterocycles. The first-order valence-corrected chi connectivity index (χ1v) is 8.60.